The van der Waals surface area contributed by atoms with E-state index >= 15 is 0 Å². The summed E-state index contributed by atoms with van der Waals surface area (Å²) in [5, 5.41) is 3.61. The topological polar surface area (TPSA) is 30.5 Å². The molecule has 1 aliphatic heterocycles. The van der Waals surface area contributed by atoms with Gasteiger partial charge in [0.2, 0.25) is 0 Å². The molecule has 3 heteroatoms. The fourth-order valence-corrected chi connectivity index (χ4v) is 3.07. The SMILES string of the molecule is C=C[C@@H](c1ccc(OC)cc1)[C@@H]1Cc2cc(OC)ccc2N1. The van der Waals surface area contributed by atoms with E-state index in [-0.39, 0.29) is 5.92 Å². The second kappa shape index (κ2) is 6.14. The quantitative estimate of drug-likeness (QED) is 0.845. The van der Waals surface area contributed by atoms with Gasteiger partial charge in [-0.05, 0) is 47.9 Å². The molecule has 0 aliphatic carbocycles. The molecule has 0 aromatic heterocycles. The van der Waals surface area contributed by atoms with Crippen molar-refractivity contribution in [3.63, 3.8) is 0 Å². The first kappa shape index (κ1) is 14.5. The average molecular weight is 295 g/mol. The minimum absolute atomic E-state index is 0.254. The summed E-state index contributed by atoms with van der Waals surface area (Å²) in [6.07, 6.45) is 2.98. The van der Waals surface area contributed by atoms with Crippen LogP contribution in [0, 0.1) is 0 Å². The molecule has 2 aromatic rings. The Hall–Kier alpha value is -2.42. The van der Waals surface area contributed by atoms with Gasteiger partial charge in [-0.1, -0.05) is 18.2 Å². The highest BCUT2D eigenvalue weighted by Gasteiger charge is 2.27. The molecular weight excluding hydrogens is 274 g/mol. The molecule has 0 fully saturated rings. The fourth-order valence-electron chi connectivity index (χ4n) is 3.07. The van der Waals surface area contributed by atoms with Crippen molar-refractivity contribution in [1.82, 2.24) is 0 Å². The molecule has 3 nitrogen and oxygen atoms in total. The maximum atomic E-state index is 5.31. The van der Waals surface area contributed by atoms with E-state index in [0.717, 1.165) is 17.9 Å². The van der Waals surface area contributed by atoms with Gasteiger partial charge in [-0.15, -0.1) is 6.58 Å². The molecule has 1 aliphatic rings. The van der Waals surface area contributed by atoms with Gasteiger partial charge in [0.1, 0.15) is 11.5 Å². The highest BCUT2D eigenvalue weighted by atomic mass is 16.5. The number of benzene rings is 2. The van der Waals surface area contributed by atoms with Gasteiger partial charge in [0.05, 0.1) is 14.2 Å². The summed E-state index contributed by atoms with van der Waals surface area (Å²) in [6, 6.07) is 14.7. The first-order valence-electron chi connectivity index (χ1n) is 7.45. The molecule has 114 valence electrons. The zero-order chi connectivity index (χ0) is 15.5. The molecule has 22 heavy (non-hydrogen) atoms. The standard InChI is InChI=1S/C19H21NO2/c1-4-17(13-5-7-15(21-2)8-6-13)19-12-14-11-16(22-3)9-10-18(14)20-19/h4-11,17,19-20H,1,12H2,2-3H3/t17-,19-/m0/s1. The lowest BCUT2D eigenvalue weighted by atomic mass is 9.90. The van der Waals surface area contributed by atoms with Gasteiger partial charge in [-0.25, -0.2) is 0 Å². The normalized spacial score (nSPS) is 17.3. The van der Waals surface area contributed by atoms with Crippen molar-refractivity contribution in [1.29, 1.82) is 0 Å². The van der Waals surface area contributed by atoms with Crippen molar-refractivity contribution in [3.8, 4) is 11.5 Å². The number of rotatable bonds is 5. The molecule has 0 saturated carbocycles. The third-order valence-corrected chi connectivity index (χ3v) is 4.28. The molecule has 0 radical (unpaired) electrons. The van der Waals surface area contributed by atoms with Crippen molar-refractivity contribution < 1.29 is 9.47 Å². The monoisotopic (exact) mass is 295 g/mol. The Labute approximate surface area is 131 Å². The predicted octanol–water partition coefficient (Wildman–Crippen LogP) is 4.01. The number of hydrogen-bond acceptors (Lipinski definition) is 3. The van der Waals surface area contributed by atoms with Crippen LogP contribution in [-0.2, 0) is 6.42 Å². The first-order chi connectivity index (χ1) is 10.7. The zero-order valence-corrected chi connectivity index (χ0v) is 13.0. The summed E-state index contributed by atoms with van der Waals surface area (Å²) in [4.78, 5) is 0. The van der Waals surface area contributed by atoms with Crippen LogP contribution in [0.4, 0.5) is 5.69 Å². The number of ether oxygens (including phenoxy) is 2. The van der Waals surface area contributed by atoms with Gasteiger partial charge in [-0.3, -0.25) is 0 Å². The van der Waals surface area contributed by atoms with Gasteiger partial charge in [-0.2, -0.15) is 0 Å². The van der Waals surface area contributed by atoms with E-state index in [1.807, 2.05) is 24.3 Å². The van der Waals surface area contributed by atoms with Crippen LogP contribution in [0.15, 0.2) is 55.1 Å². The van der Waals surface area contributed by atoms with Gasteiger partial charge in [0.15, 0.2) is 0 Å². The number of methoxy groups -OCH3 is 2. The first-order valence-corrected chi connectivity index (χ1v) is 7.45. The maximum absolute atomic E-state index is 5.31. The van der Waals surface area contributed by atoms with Crippen LogP contribution in [0.3, 0.4) is 0 Å². The van der Waals surface area contributed by atoms with Crippen LogP contribution in [-0.4, -0.2) is 20.3 Å². The Morgan fingerprint density at radius 1 is 1.09 bits per heavy atom. The smallest absolute Gasteiger partial charge is 0.119 e. The summed E-state index contributed by atoms with van der Waals surface area (Å²) >= 11 is 0. The highest BCUT2D eigenvalue weighted by molar-refractivity contribution is 5.60. The van der Waals surface area contributed by atoms with Gasteiger partial charge >= 0.3 is 0 Å². The van der Waals surface area contributed by atoms with Crippen LogP contribution >= 0.6 is 0 Å². The summed E-state index contributed by atoms with van der Waals surface area (Å²) in [7, 11) is 3.38. The van der Waals surface area contributed by atoms with Crippen LogP contribution in [0.1, 0.15) is 17.0 Å². The van der Waals surface area contributed by atoms with Crippen molar-refractivity contribution >= 4 is 5.69 Å². The summed E-state index contributed by atoms with van der Waals surface area (Å²) in [6.45, 7) is 4.03. The molecule has 1 N–H and O–H groups in total. The van der Waals surface area contributed by atoms with Crippen LogP contribution < -0.4 is 14.8 Å². The van der Waals surface area contributed by atoms with Gasteiger partial charge in [0, 0.05) is 17.6 Å². The van der Waals surface area contributed by atoms with Crippen LogP contribution in [0.2, 0.25) is 0 Å². The Balaban J connectivity index is 1.82. The van der Waals surface area contributed by atoms with Crippen molar-refractivity contribution in [2.75, 3.05) is 19.5 Å². The van der Waals surface area contributed by atoms with E-state index in [2.05, 4.69) is 36.2 Å². The van der Waals surface area contributed by atoms with E-state index in [9.17, 15) is 0 Å². The van der Waals surface area contributed by atoms with E-state index in [1.165, 1.54) is 16.8 Å². The van der Waals surface area contributed by atoms with Crippen molar-refractivity contribution in [3.05, 3.63) is 66.2 Å². The number of nitrogens with one attached hydrogen (secondary N) is 1. The van der Waals surface area contributed by atoms with E-state index in [4.69, 9.17) is 9.47 Å². The van der Waals surface area contributed by atoms with E-state index in [0.29, 0.717) is 6.04 Å². The summed E-state index contributed by atoms with van der Waals surface area (Å²) in [5.74, 6) is 2.03. The Bertz CT molecular complexity index is 664. The minimum Gasteiger partial charge on any atom is -0.497 e. The highest BCUT2D eigenvalue weighted by Crippen LogP contribution is 2.36. The molecule has 2 atom stereocenters. The lowest BCUT2D eigenvalue weighted by Crippen LogP contribution is -2.23. The zero-order valence-electron chi connectivity index (χ0n) is 13.0. The molecule has 0 amide bonds. The molecular formula is C19H21NO2. The predicted molar refractivity (Wildman–Crippen MR) is 90.0 cm³/mol. The van der Waals surface area contributed by atoms with Crippen LogP contribution in [0.25, 0.3) is 0 Å². The number of anilines is 1. The molecule has 2 aromatic carbocycles. The van der Waals surface area contributed by atoms with Crippen LogP contribution in [0.5, 0.6) is 11.5 Å². The molecule has 1 heterocycles. The second-order valence-corrected chi connectivity index (χ2v) is 5.51. The lowest BCUT2D eigenvalue weighted by molar-refractivity contribution is 0.414. The average Bonchev–Trinajstić information content (AvgIpc) is 2.98. The Morgan fingerprint density at radius 3 is 2.41 bits per heavy atom. The third-order valence-electron chi connectivity index (χ3n) is 4.28. The van der Waals surface area contributed by atoms with Crippen molar-refractivity contribution in [2.45, 2.75) is 18.4 Å². The molecule has 0 spiro atoms. The van der Waals surface area contributed by atoms with E-state index in [1.54, 1.807) is 14.2 Å². The number of fused-ring (bicyclic) bond motifs is 1. The maximum Gasteiger partial charge on any atom is 0.119 e. The number of hydrogen-bond donors (Lipinski definition) is 1. The minimum atomic E-state index is 0.254. The Morgan fingerprint density at radius 2 is 1.77 bits per heavy atom. The third kappa shape index (κ3) is 2.67. The largest absolute Gasteiger partial charge is 0.497 e. The van der Waals surface area contributed by atoms with Gasteiger partial charge in [0.25, 0.3) is 0 Å². The molecule has 0 saturated heterocycles. The molecule has 3 rings (SSSR count). The Kier molecular flexibility index (Phi) is 4.05. The van der Waals surface area contributed by atoms with Crippen molar-refractivity contribution in [2.24, 2.45) is 0 Å². The summed E-state index contributed by atoms with van der Waals surface area (Å²) < 4.78 is 10.5. The van der Waals surface area contributed by atoms with E-state index < -0.39 is 0 Å². The lowest BCUT2D eigenvalue weighted by Gasteiger charge is -2.21. The second-order valence-electron chi connectivity index (χ2n) is 5.51. The fraction of sp³-hybridized carbons (Fsp3) is 0.263. The molecule has 0 bridgehead atoms. The molecule has 0 unspecified atom stereocenters. The summed E-state index contributed by atoms with van der Waals surface area (Å²) in [5.41, 5.74) is 3.73. The van der Waals surface area contributed by atoms with Gasteiger partial charge < -0.3 is 14.8 Å².